The van der Waals surface area contributed by atoms with Crippen LogP contribution in [0, 0.1) is 0 Å². The van der Waals surface area contributed by atoms with Crippen molar-refractivity contribution >= 4 is 15.9 Å². The molecule has 0 aliphatic rings. The quantitative estimate of drug-likeness (QED) is 0.752. The van der Waals surface area contributed by atoms with Crippen LogP contribution in [0.4, 0.5) is 0 Å². The molecule has 0 radical (unpaired) electrons. The fourth-order valence-electron chi connectivity index (χ4n) is 1.02. The molecule has 0 saturated carbocycles. The minimum atomic E-state index is 0.823. The van der Waals surface area contributed by atoms with E-state index in [0.29, 0.717) is 0 Å². The molecule has 0 saturated heterocycles. The van der Waals surface area contributed by atoms with Gasteiger partial charge in [0.1, 0.15) is 0 Å². The van der Waals surface area contributed by atoms with Crippen LogP contribution in [0.15, 0.2) is 21.4 Å². The first-order valence-corrected chi connectivity index (χ1v) is 5.27. The van der Waals surface area contributed by atoms with E-state index in [9.17, 15) is 0 Å². The Labute approximate surface area is 87.0 Å². The van der Waals surface area contributed by atoms with Crippen molar-refractivity contribution in [3.05, 3.63) is 22.6 Å². The van der Waals surface area contributed by atoms with Crippen molar-refractivity contribution in [2.75, 3.05) is 19.6 Å². The minimum Gasteiger partial charge on any atom is -0.457 e. The summed E-state index contributed by atoms with van der Waals surface area (Å²) in [5, 5.41) is 6.56. The normalized spacial score (nSPS) is 10.6. The van der Waals surface area contributed by atoms with Gasteiger partial charge in [-0.25, -0.2) is 0 Å². The Morgan fingerprint density at radius 2 is 2.15 bits per heavy atom. The average Bonchev–Trinajstić information content (AvgIpc) is 2.52. The van der Waals surface area contributed by atoms with E-state index in [1.54, 1.807) is 6.26 Å². The lowest BCUT2D eigenvalue weighted by Crippen LogP contribution is -2.26. The third-order valence-electron chi connectivity index (χ3n) is 1.74. The Balaban J connectivity index is 2.10. The summed E-state index contributed by atoms with van der Waals surface area (Å²) in [4.78, 5) is 0. The number of likely N-dealkylation sites (N-methyl/N-ethyl adjacent to an activating group) is 1. The summed E-state index contributed by atoms with van der Waals surface area (Å²) in [5.41, 5.74) is 1.16. The van der Waals surface area contributed by atoms with Gasteiger partial charge in [0.2, 0.25) is 0 Å². The molecule has 1 rings (SSSR count). The van der Waals surface area contributed by atoms with Gasteiger partial charge in [-0.05, 0) is 28.5 Å². The van der Waals surface area contributed by atoms with Crippen LogP contribution in [0.5, 0.6) is 0 Å². The lowest BCUT2D eigenvalue weighted by Gasteiger charge is -2.03. The van der Waals surface area contributed by atoms with Gasteiger partial charge in [0.05, 0.1) is 6.26 Å². The molecule has 0 aliphatic carbocycles. The molecule has 0 aliphatic heterocycles. The monoisotopic (exact) mass is 246 g/mol. The molecule has 1 aromatic rings. The predicted molar refractivity (Wildman–Crippen MR) is 56.7 cm³/mol. The van der Waals surface area contributed by atoms with Crippen LogP contribution < -0.4 is 10.6 Å². The van der Waals surface area contributed by atoms with Crippen molar-refractivity contribution < 1.29 is 4.42 Å². The molecule has 0 amide bonds. The maximum Gasteiger partial charge on any atom is 0.173 e. The van der Waals surface area contributed by atoms with Crippen molar-refractivity contribution in [1.29, 1.82) is 0 Å². The largest absolute Gasteiger partial charge is 0.457 e. The van der Waals surface area contributed by atoms with Crippen LogP contribution in [-0.4, -0.2) is 19.6 Å². The lowest BCUT2D eigenvalue weighted by atomic mass is 10.3. The predicted octanol–water partition coefficient (Wildman–Crippen LogP) is 1.74. The van der Waals surface area contributed by atoms with E-state index < -0.39 is 0 Å². The van der Waals surface area contributed by atoms with Crippen molar-refractivity contribution in [3.8, 4) is 0 Å². The van der Waals surface area contributed by atoms with Crippen LogP contribution in [-0.2, 0) is 6.54 Å². The molecule has 0 fully saturated rings. The van der Waals surface area contributed by atoms with Gasteiger partial charge in [-0.1, -0.05) is 6.92 Å². The summed E-state index contributed by atoms with van der Waals surface area (Å²) >= 11 is 3.33. The van der Waals surface area contributed by atoms with Gasteiger partial charge in [0.15, 0.2) is 4.67 Å². The molecule has 0 unspecified atom stereocenters. The number of nitrogens with one attached hydrogen (secondary N) is 2. The maximum atomic E-state index is 5.10. The Bertz CT molecular complexity index is 237. The summed E-state index contributed by atoms with van der Waals surface area (Å²) in [6, 6.07) is 1.96. The fourth-order valence-corrected chi connectivity index (χ4v) is 1.40. The number of hydrogen-bond donors (Lipinski definition) is 2. The number of halogens is 1. The number of furan rings is 1. The average molecular weight is 247 g/mol. The minimum absolute atomic E-state index is 0.823. The first-order valence-electron chi connectivity index (χ1n) is 4.48. The Kier molecular flexibility index (Phi) is 5.12. The highest BCUT2D eigenvalue weighted by Gasteiger charge is 2.00. The van der Waals surface area contributed by atoms with Crippen LogP contribution in [0.3, 0.4) is 0 Å². The molecule has 13 heavy (non-hydrogen) atoms. The molecular formula is C9H15BrN2O. The summed E-state index contributed by atoms with van der Waals surface area (Å²) < 4.78 is 5.93. The first-order chi connectivity index (χ1) is 6.34. The number of hydrogen-bond acceptors (Lipinski definition) is 3. The van der Waals surface area contributed by atoms with E-state index in [4.69, 9.17) is 4.42 Å². The van der Waals surface area contributed by atoms with Gasteiger partial charge < -0.3 is 15.1 Å². The molecule has 2 N–H and O–H groups in total. The van der Waals surface area contributed by atoms with Crippen LogP contribution in [0.1, 0.15) is 12.5 Å². The van der Waals surface area contributed by atoms with Gasteiger partial charge >= 0.3 is 0 Å². The van der Waals surface area contributed by atoms with Gasteiger partial charge in [-0.2, -0.15) is 0 Å². The SMILES string of the molecule is CCNCCNCc1ccoc1Br. The third-order valence-corrected chi connectivity index (χ3v) is 2.43. The zero-order chi connectivity index (χ0) is 9.52. The van der Waals surface area contributed by atoms with Gasteiger partial charge in [0, 0.05) is 25.2 Å². The van der Waals surface area contributed by atoms with Crippen molar-refractivity contribution in [2.45, 2.75) is 13.5 Å². The van der Waals surface area contributed by atoms with Gasteiger partial charge in [-0.15, -0.1) is 0 Å². The van der Waals surface area contributed by atoms with Crippen LogP contribution in [0.25, 0.3) is 0 Å². The lowest BCUT2D eigenvalue weighted by molar-refractivity contribution is 0.532. The standard InChI is InChI=1S/C9H15BrN2O/c1-2-11-4-5-12-7-8-3-6-13-9(8)10/h3,6,11-12H,2,4-5,7H2,1H3. The molecule has 1 heterocycles. The first kappa shape index (κ1) is 10.8. The van der Waals surface area contributed by atoms with Crippen LogP contribution >= 0.6 is 15.9 Å². The smallest absolute Gasteiger partial charge is 0.173 e. The second-order valence-electron chi connectivity index (χ2n) is 2.75. The molecular weight excluding hydrogens is 232 g/mol. The van der Waals surface area contributed by atoms with E-state index in [1.165, 1.54) is 0 Å². The third kappa shape index (κ3) is 3.93. The summed E-state index contributed by atoms with van der Waals surface area (Å²) in [7, 11) is 0. The van der Waals surface area contributed by atoms with E-state index in [2.05, 4.69) is 33.5 Å². The van der Waals surface area contributed by atoms with E-state index >= 15 is 0 Å². The second kappa shape index (κ2) is 6.18. The van der Waals surface area contributed by atoms with Crippen molar-refractivity contribution in [3.63, 3.8) is 0 Å². The Morgan fingerprint density at radius 1 is 1.38 bits per heavy atom. The second-order valence-corrected chi connectivity index (χ2v) is 3.47. The Hall–Kier alpha value is -0.320. The summed E-state index contributed by atoms with van der Waals surface area (Å²) in [6.45, 7) is 5.96. The van der Waals surface area contributed by atoms with Gasteiger partial charge in [0.25, 0.3) is 0 Å². The highest BCUT2D eigenvalue weighted by atomic mass is 79.9. The van der Waals surface area contributed by atoms with Crippen molar-refractivity contribution in [1.82, 2.24) is 10.6 Å². The van der Waals surface area contributed by atoms with E-state index in [-0.39, 0.29) is 0 Å². The topological polar surface area (TPSA) is 37.2 Å². The maximum absolute atomic E-state index is 5.10. The van der Waals surface area contributed by atoms with Crippen molar-refractivity contribution in [2.24, 2.45) is 0 Å². The molecule has 3 nitrogen and oxygen atoms in total. The number of rotatable bonds is 6. The molecule has 4 heteroatoms. The highest BCUT2D eigenvalue weighted by Crippen LogP contribution is 2.16. The molecule has 0 aromatic carbocycles. The summed E-state index contributed by atoms with van der Waals surface area (Å²) in [6.07, 6.45) is 1.69. The summed E-state index contributed by atoms with van der Waals surface area (Å²) in [5.74, 6) is 0. The molecule has 74 valence electrons. The molecule has 1 aromatic heterocycles. The molecule has 0 spiro atoms. The Morgan fingerprint density at radius 3 is 2.77 bits per heavy atom. The zero-order valence-electron chi connectivity index (χ0n) is 7.77. The molecule has 0 atom stereocenters. The van der Waals surface area contributed by atoms with Gasteiger partial charge in [-0.3, -0.25) is 0 Å². The van der Waals surface area contributed by atoms with Crippen LogP contribution in [0.2, 0.25) is 0 Å². The molecule has 0 bridgehead atoms. The fraction of sp³-hybridized carbons (Fsp3) is 0.556. The van der Waals surface area contributed by atoms with E-state index in [1.807, 2.05) is 6.07 Å². The highest BCUT2D eigenvalue weighted by molar-refractivity contribution is 9.10. The van der Waals surface area contributed by atoms with E-state index in [0.717, 1.165) is 36.4 Å². The zero-order valence-corrected chi connectivity index (χ0v) is 9.36.